The Balaban J connectivity index is 0.00000320. The summed E-state index contributed by atoms with van der Waals surface area (Å²) in [6.45, 7) is 5.83. The molecule has 0 bridgehead atoms. The maximum absolute atomic E-state index is 5.94. The number of nitrogens with zero attached hydrogens (tertiary/aromatic N) is 2. The highest BCUT2D eigenvalue weighted by atomic mass is 127. The van der Waals surface area contributed by atoms with Gasteiger partial charge in [-0.15, -0.1) is 24.0 Å². The number of likely N-dealkylation sites (N-methyl/N-ethyl adjacent to an activating group) is 1. The van der Waals surface area contributed by atoms with Crippen LogP contribution in [0.3, 0.4) is 0 Å². The van der Waals surface area contributed by atoms with Crippen LogP contribution in [0.2, 0.25) is 0 Å². The van der Waals surface area contributed by atoms with Crippen LogP contribution in [0.25, 0.3) is 0 Å². The Labute approximate surface area is 195 Å². The second kappa shape index (κ2) is 12.5. The van der Waals surface area contributed by atoms with E-state index in [1.807, 2.05) is 50.5 Å². The average Bonchev–Trinajstić information content (AvgIpc) is 3.18. The van der Waals surface area contributed by atoms with Crippen molar-refractivity contribution in [3.8, 4) is 17.2 Å². The fraction of sp³-hybridized carbons (Fsp3) is 0.409. The molecule has 0 fully saturated rings. The minimum atomic E-state index is 0. The van der Waals surface area contributed by atoms with E-state index in [0.717, 1.165) is 47.4 Å². The summed E-state index contributed by atoms with van der Waals surface area (Å²) in [4.78, 5) is 6.79. The Hall–Kier alpha value is -2.20. The molecule has 2 aromatic carbocycles. The van der Waals surface area contributed by atoms with Gasteiger partial charge >= 0.3 is 0 Å². The first-order chi connectivity index (χ1) is 14.2. The summed E-state index contributed by atoms with van der Waals surface area (Å²) in [6, 6.07) is 14.0. The minimum Gasteiger partial charge on any atom is -0.492 e. The number of hydrogen-bond acceptors (Lipinski definition) is 5. The second-order valence-corrected chi connectivity index (χ2v) is 7.00. The van der Waals surface area contributed by atoms with Crippen molar-refractivity contribution in [3.05, 3.63) is 53.6 Å². The summed E-state index contributed by atoms with van der Waals surface area (Å²) in [5.74, 6) is 3.22. The van der Waals surface area contributed by atoms with Gasteiger partial charge in [-0.3, -0.25) is 0 Å². The molecule has 3 rings (SSSR count). The van der Waals surface area contributed by atoms with Gasteiger partial charge in [-0.2, -0.15) is 0 Å². The molecule has 30 heavy (non-hydrogen) atoms. The third-order valence-corrected chi connectivity index (χ3v) is 4.42. The molecule has 1 aliphatic rings. The van der Waals surface area contributed by atoms with Gasteiger partial charge in [-0.05, 0) is 44.8 Å². The summed E-state index contributed by atoms with van der Waals surface area (Å²) in [6.07, 6.45) is 0. The van der Waals surface area contributed by atoms with Gasteiger partial charge in [-0.25, -0.2) is 4.99 Å². The van der Waals surface area contributed by atoms with Crippen molar-refractivity contribution in [2.24, 2.45) is 4.99 Å². The lowest BCUT2D eigenvalue weighted by Crippen LogP contribution is -2.36. The van der Waals surface area contributed by atoms with Gasteiger partial charge in [0, 0.05) is 25.2 Å². The largest absolute Gasteiger partial charge is 0.492 e. The van der Waals surface area contributed by atoms with Crippen LogP contribution in [0.15, 0.2) is 47.5 Å². The molecule has 0 amide bonds. The Morgan fingerprint density at radius 3 is 2.70 bits per heavy atom. The maximum atomic E-state index is 5.94. The van der Waals surface area contributed by atoms with Crippen molar-refractivity contribution in [1.82, 2.24) is 15.5 Å². The van der Waals surface area contributed by atoms with Crippen LogP contribution in [0.5, 0.6) is 17.2 Å². The van der Waals surface area contributed by atoms with Crippen molar-refractivity contribution in [3.63, 3.8) is 0 Å². The molecule has 0 aliphatic carbocycles. The van der Waals surface area contributed by atoms with E-state index < -0.39 is 0 Å². The van der Waals surface area contributed by atoms with Crippen LogP contribution in [-0.4, -0.2) is 51.4 Å². The van der Waals surface area contributed by atoms with E-state index in [1.165, 1.54) is 0 Å². The number of rotatable bonds is 9. The molecular weight excluding hydrogens is 495 g/mol. The Morgan fingerprint density at radius 1 is 1.10 bits per heavy atom. The number of para-hydroxylation sites is 1. The normalized spacial score (nSPS) is 12.5. The molecule has 2 N–H and O–H groups in total. The van der Waals surface area contributed by atoms with E-state index in [0.29, 0.717) is 19.7 Å². The number of hydrogen-bond donors (Lipinski definition) is 2. The van der Waals surface area contributed by atoms with Crippen LogP contribution >= 0.6 is 24.0 Å². The Bertz CT molecular complexity index is 830. The number of nitrogens with one attached hydrogen (secondary N) is 2. The van der Waals surface area contributed by atoms with E-state index in [9.17, 15) is 0 Å². The highest BCUT2D eigenvalue weighted by molar-refractivity contribution is 14.0. The molecule has 0 aromatic heterocycles. The Kier molecular flexibility index (Phi) is 10.0. The molecule has 1 aliphatic heterocycles. The van der Waals surface area contributed by atoms with Crippen LogP contribution in [0.4, 0.5) is 0 Å². The zero-order valence-corrected chi connectivity index (χ0v) is 20.1. The lowest BCUT2D eigenvalue weighted by molar-refractivity contribution is 0.174. The quantitative estimate of drug-likeness (QED) is 0.297. The molecule has 0 atom stereocenters. The standard InChI is InChI=1S/C22H30N4O3.HI/c1-4-23-22(24-14-17-9-10-20-21(13-17)29-16-28-20)25-15-18-7-5-6-8-19(18)27-12-11-26(2)3;/h5-10,13H,4,11-12,14-16H2,1-3H3,(H2,23,24,25);1H. The number of benzene rings is 2. The molecule has 164 valence electrons. The third kappa shape index (κ3) is 7.24. The molecule has 0 unspecified atom stereocenters. The lowest BCUT2D eigenvalue weighted by Gasteiger charge is -2.16. The van der Waals surface area contributed by atoms with Crippen molar-refractivity contribution in [1.29, 1.82) is 0 Å². The monoisotopic (exact) mass is 526 g/mol. The summed E-state index contributed by atoms with van der Waals surface area (Å²) in [7, 11) is 4.08. The molecule has 2 aromatic rings. The van der Waals surface area contributed by atoms with Gasteiger partial charge in [0.15, 0.2) is 17.5 Å². The van der Waals surface area contributed by atoms with Gasteiger partial charge in [0.05, 0.1) is 6.54 Å². The van der Waals surface area contributed by atoms with Crippen molar-refractivity contribution < 1.29 is 14.2 Å². The SMILES string of the molecule is CCNC(=NCc1ccc2c(c1)OCO2)NCc1ccccc1OCCN(C)C.I. The van der Waals surface area contributed by atoms with Crippen LogP contribution in [0, 0.1) is 0 Å². The molecule has 0 spiro atoms. The number of aliphatic imine (C=N–C) groups is 1. The van der Waals surface area contributed by atoms with Crippen molar-refractivity contribution in [2.45, 2.75) is 20.0 Å². The smallest absolute Gasteiger partial charge is 0.231 e. The molecular formula is C22H31IN4O3. The summed E-state index contributed by atoms with van der Waals surface area (Å²) in [5, 5.41) is 6.68. The van der Waals surface area contributed by atoms with E-state index in [4.69, 9.17) is 14.2 Å². The predicted octanol–water partition coefficient (Wildman–Crippen LogP) is 3.23. The molecule has 1 heterocycles. The number of ether oxygens (including phenoxy) is 3. The second-order valence-electron chi connectivity index (χ2n) is 7.00. The molecule has 0 saturated heterocycles. The van der Waals surface area contributed by atoms with E-state index in [1.54, 1.807) is 0 Å². The zero-order chi connectivity index (χ0) is 20.5. The predicted molar refractivity (Wildman–Crippen MR) is 130 cm³/mol. The summed E-state index contributed by atoms with van der Waals surface area (Å²) < 4.78 is 16.7. The highest BCUT2D eigenvalue weighted by Crippen LogP contribution is 2.32. The molecule has 8 heteroatoms. The summed E-state index contributed by atoms with van der Waals surface area (Å²) >= 11 is 0. The van der Waals surface area contributed by atoms with Gasteiger partial charge in [0.1, 0.15) is 12.4 Å². The van der Waals surface area contributed by atoms with E-state index >= 15 is 0 Å². The van der Waals surface area contributed by atoms with E-state index in [2.05, 4.69) is 33.5 Å². The number of guanidine groups is 1. The van der Waals surface area contributed by atoms with Gasteiger partial charge in [0.2, 0.25) is 6.79 Å². The fourth-order valence-corrected chi connectivity index (χ4v) is 2.86. The van der Waals surface area contributed by atoms with Gasteiger partial charge < -0.3 is 29.7 Å². The number of fused-ring (bicyclic) bond motifs is 1. The number of halogens is 1. The van der Waals surface area contributed by atoms with Gasteiger partial charge in [-0.1, -0.05) is 24.3 Å². The van der Waals surface area contributed by atoms with E-state index in [-0.39, 0.29) is 30.8 Å². The highest BCUT2D eigenvalue weighted by Gasteiger charge is 2.13. The average molecular weight is 526 g/mol. The topological polar surface area (TPSA) is 67.4 Å². The zero-order valence-electron chi connectivity index (χ0n) is 17.8. The first-order valence-electron chi connectivity index (χ1n) is 9.92. The minimum absolute atomic E-state index is 0. The van der Waals surface area contributed by atoms with Crippen LogP contribution in [0.1, 0.15) is 18.1 Å². The van der Waals surface area contributed by atoms with Crippen molar-refractivity contribution >= 4 is 29.9 Å². The third-order valence-electron chi connectivity index (χ3n) is 4.42. The summed E-state index contributed by atoms with van der Waals surface area (Å²) in [5.41, 5.74) is 2.17. The molecule has 0 saturated carbocycles. The fourth-order valence-electron chi connectivity index (χ4n) is 2.86. The van der Waals surface area contributed by atoms with Crippen LogP contribution < -0.4 is 24.8 Å². The van der Waals surface area contributed by atoms with Gasteiger partial charge in [0.25, 0.3) is 0 Å². The molecule has 0 radical (unpaired) electrons. The lowest BCUT2D eigenvalue weighted by atomic mass is 10.2. The Morgan fingerprint density at radius 2 is 1.90 bits per heavy atom. The van der Waals surface area contributed by atoms with Crippen molar-refractivity contribution in [2.75, 3.05) is 40.6 Å². The first-order valence-corrected chi connectivity index (χ1v) is 9.92. The molecule has 7 nitrogen and oxygen atoms in total. The maximum Gasteiger partial charge on any atom is 0.231 e. The first kappa shape index (κ1) is 24.1. The van der Waals surface area contributed by atoms with Crippen LogP contribution in [-0.2, 0) is 13.1 Å².